The SMILES string of the molecule is Nc1ccc(NOCc2ccc(C=O)cc2)cc1. The number of rotatable bonds is 5. The zero-order valence-corrected chi connectivity index (χ0v) is 9.80. The van der Waals surface area contributed by atoms with E-state index in [-0.39, 0.29) is 0 Å². The Morgan fingerprint density at radius 1 is 1.06 bits per heavy atom. The van der Waals surface area contributed by atoms with Gasteiger partial charge in [0.15, 0.2) is 0 Å². The van der Waals surface area contributed by atoms with Crippen molar-refractivity contribution in [1.82, 2.24) is 0 Å². The Bertz CT molecular complexity index is 506. The van der Waals surface area contributed by atoms with Gasteiger partial charge in [-0.3, -0.25) is 15.1 Å². The average Bonchev–Trinajstić information content (AvgIpc) is 2.42. The highest BCUT2D eigenvalue weighted by atomic mass is 16.6. The second-order valence-electron chi connectivity index (χ2n) is 3.87. The van der Waals surface area contributed by atoms with E-state index in [1.54, 1.807) is 24.3 Å². The number of nitrogen functional groups attached to an aromatic ring is 1. The molecule has 2 rings (SSSR count). The zero-order valence-electron chi connectivity index (χ0n) is 9.80. The Hall–Kier alpha value is -2.33. The molecule has 2 aromatic carbocycles. The van der Waals surface area contributed by atoms with E-state index in [0.29, 0.717) is 17.9 Å². The largest absolute Gasteiger partial charge is 0.399 e. The van der Waals surface area contributed by atoms with Crippen LogP contribution in [0.15, 0.2) is 48.5 Å². The van der Waals surface area contributed by atoms with Crippen molar-refractivity contribution in [3.8, 4) is 0 Å². The van der Waals surface area contributed by atoms with Gasteiger partial charge in [0.05, 0.1) is 12.3 Å². The molecular weight excluding hydrogens is 228 g/mol. The molecule has 0 spiro atoms. The molecular formula is C14H14N2O2. The Labute approximate surface area is 105 Å². The van der Waals surface area contributed by atoms with Gasteiger partial charge in [0.25, 0.3) is 0 Å². The Morgan fingerprint density at radius 3 is 2.33 bits per heavy atom. The van der Waals surface area contributed by atoms with Gasteiger partial charge in [-0.05, 0) is 29.8 Å². The van der Waals surface area contributed by atoms with Gasteiger partial charge in [-0.15, -0.1) is 0 Å². The van der Waals surface area contributed by atoms with E-state index in [9.17, 15) is 4.79 Å². The summed E-state index contributed by atoms with van der Waals surface area (Å²) >= 11 is 0. The first kappa shape index (κ1) is 12.1. The topological polar surface area (TPSA) is 64.3 Å². The molecule has 0 aliphatic rings. The quantitative estimate of drug-likeness (QED) is 0.480. The molecule has 18 heavy (non-hydrogen) atoms. The highest BCUT2D eigenvalue weighted by molar-refractivity contribution is 5.74. The summed E-state index contributed by atoms with van der Waals surface area (Å²) in [6.07, 6.45) is 0.817. The third kappa shape index (κ3) is 3.33. The van der Waals surface area contributed by atoms with E-state index in [1.807, 2.05) is 24.3 Å². The molecule has 0 fully saturated rings. The smallest absolute Gasteiger partial charge is 0.150 e. The fourth-order valence-corrected chi connectivity index (χ4v) is 1.45. The summed E-state index contributed by atoms with van der Waals surface area (Å²) in [5.74, 6) is 0. The summed E-state index contributed by atoms with van der Waals surface area (Å²) in [5, 5.41) is 0. The van der Waals surface area contributed by atoms with Crippen LogP contribution in [0.2, 0.25) is 0 Å². The third-order valence-corrected chi connectivity index (χ3v) is 2.46. The predicted molar refractivity (Wildman–Crippen MR) is 71.1 cm³/mol. The van der Waals surface area contributed by atoms with Crippen LogP contribution < -0.4 is 11.2 Å². The highest BCUT2D eigenvalue weighted by Gasteiger charge is 1.95. The van der Waals surface area contributed by atoms with E-state index >= 15 is 0 Å². The van der Waals surface area contributed by atoms with Gasteiger partial charge >= 0.3 is 0 Å². The zero-order chi connectivity index (χ0) is 12.8. The standard InChI is InChI=1S/C14H14N2O2/c15-13-5-7-14(8-6-13)16-18-10-12-3-1-11(9-17)2-4-12/h1-9,16H,10,15H2. The molecule has 4 nitrogen and oxygen atoms in total. The first-order chi connectivity index (χ1) is 8.78. The van der Waals surface area contributed by atoms with Crippen LogP contribution in [0.25, 0.3) is 0 Å². The second-order valence-corrected chi connectivity index (χ2v) is 3.87. The number of nitrogens with two attached hydrogens (primary N) is 1. The molecule has 0 aliphatic heterocycles. The maximum atomic E-state index is 10.5. The number of carbonyl (C=O) groups is 1. The number of hydrogen-bond acceptors (Lipinski definition) is 4. The van der Waals surface area contributed by atoms with Crippen molar-refractivity contribution in [2.75, 3.05) is 11.2 Å². The Kier molecular flexibility index (Phi) is 3.94. The van der Waals surface area contributed by atoms with Crippen molar-refractivity contribution < 1.29 is 9.63 Å². The number of benzene rings is 2. The first-order valence-electron chi connectivity index (χ1n) is 5.55. The normalized spacial score (nSPS) is 10.0. The van der Waals surface area contributed by atoms with Gasteiger partial charge in [0, 0.05) is 11.3 Å². The lowest BCUT2D eigenvalue weighted by atomic mass is 10.2. The molecule has 0 unspecified atom stereocenters. The lowest BCUT2D eigenvalue weighted by Crippen LogP contribution is -2.01. The van der Waals surface area contributed by atoms with E-state index in [1.165, 1.54) is 0 Å². The summed E-state index contributed by atoms with van der Waals surface area (Å²) in [4.78, 5) is 15.8. The molecule has 0 bridgehead atoms. The Balaban J connectivity index is 1.84. The minimum absolute atomic E-state index is 0.420. The van der Waals surface area contributed by atoms with Crippen molar-refractivity contribution >= 4 is 17.7 Å². The summed E-state index contributed by atoms with van der Waals surface area (Å²) in [6.45, 7) is 0.420. The average molecular weight is 242 g/mol. The van der Waals surface area contributed by atoms with Crippen LogP contribution in [0.1, 0.15) is 15.9 Å². The molecule has 0 amide bonds. The van der Waals surface area contributed by atoms with E-state index < -0.39 is 0 Å². The van der Waals surface area contributed by atoms with Crippen molar-refractivity contribution in [2.45, 2.75) is 6.61 Å². The summed E-state index contributed by atoms with van der Waals surface area (Å²) in [6, 6.07) is 14.5. The fourth-order valence-electron chi connectivity index (χ4n) is 1.45. The minimum atomic E-state index is 0.420. The molecule has 4 heteroatoms. The van der Waals surface area contributed by atoms with Gasteiger partial charge in [-0.1, -0.05) is 24.3 Å². The van der Waals surface area contributed by atoms with Crippen molar-refractivity contribution in [3.05, 3.63) is 59.7 Å². The highest BCUT2D eigenvalue weighted by Crippen LogP contribution is 2.11. The van der Waals surface area contributed by atoms with Crippen molar-refractivity contribution in [3.63, 3.8) is 0 Å². The molecule has 92 valence electrons. The molecule has 3 N–H and O–H groups in total. The number of aldehydes is 1. The Morgan fingerprint density at radius 2 is 1.72 bits per heavy atom. The predicted octanol–water partition coefficient (Wildman–Crippen LogP) is 2.63. The number of anilines is 2. The van der Waals surface area contributed by atoms with Crippen LogP contribution in [-0.4, -0.2) is 6.29 Å². The van der Waals surface area contributed by atoms with Crippen molar-refractivity contribution in [2.24, 2.45) is 0 Å². The van der Waals surface area contributed by atoms with Crippen LogP contribution in [0.5, 0.6) is 0 Å². The molecule has 0 radical (unpaired) electrons. The monoisotopic (exact) mass is 242 g/mol. The summed E-state index contributed by atoms with van der Waals surface area (Å²) < 4.78 is 0. The van der Waals surface area contributed by atoms with Gasteiger partial charge in [0.2, 0.25) is 0 Å². The van der Waals surface area contributed by atoms with Crippen LogP contribution >= 0.6 is 0 Å². The lowest BCUT2D eigenvalue weighted by molar-refractivity contribution is 0.112. The van der Waals surface area contributed by atoms with Gasteiger partial charge in [-0.2, -0.15) is 0 Å². The first-order valence-corrected chi connectivity index (χ1v) is 5.55. The third-order valence-electron chi connectivity index (χ3n) is 2.46. The molecule has 0 aromatic heterocycles. The maximum Gasteiger partial charge on any atom is 0.150 e. The molecule has 0 atom stereocenters. The van der Waals surface area contributed by atoms with Crippen LogP contribution in [-0.2, 0) is 11.4 Å². The van der Waals surface area contributed by atoms with E-state index in [0.717, 1.165) is 17.5 Å². The van der Waals surface area contributed by atoms with Gasteiger partial charge < -0.3 is 5.73 Å². The van der Waals surface area contributed by atoms with Crippen LogP contribution in [0, 0.1) is 0 Å². The molecule has 0 saturated carbocycles. The molecule has 0 aliphatic carbocycles. The van der Waals surface area contributed by atoms with Gasteiger partial charge in [0.1, 0.15) is 6.29 Å². The number of nitrogens with one attached hydrogen (secondary N) is 1. The maximum absolute atomic E-state index is 10.5. The van der Waals surface area contributed by atoms with E-state index in [2.05, 4.69) is 5.48 Å². The fraction of sp³-hybridized carbons (Fsp3) is 0.0714. The van der Waals surface area contributed by atoms with Crippen LogP contribution in [0.3, 0.4) is 0 Å². The summed E-state index contributed by atoms with van der Waals surface area (Å²) in [7, 11) is 0. The van der Waals surface area contributed by atoms with Crippen molar-refractivity contribution in [1.29, 1.82) is 0 Å². The van der Waals surface area contributed by atoms with Crippen LogP contribution in [0.4, 0.5) is 11.4 Å². The molecule has 0 saturated heterocycles. The molecule has 0 heterocycles. The summed E-state index contributed by atoms with van der Waals surface area (Å²) in [5.41, 5.74) is 11.6. The van der Waals surface area contributed by atoms with E-state index in [4.69, 9.17) is 10.6 Å². The van der Waals surface area contributed by atoms with Gasteiger partial charge in [-0.25, -0.2) is 0 Å². The number of carbonyl (C=O) groups excluding carboxylic acids is 1. The number of hydrogen-bond donors (Lipinski definition) is 2. The second kappa shape index (κ2) is 5.84. The minimum Gasteiger partial charge on any atom is -0.399 e. The lowest BCUT2D eigenvalue weighted by Gasteiger charge is -2.07. The molecule has 2 aromatic rings.